The molecule has 0 aromatic carbocycles. The molecule has 2 unspecified atom stereocenters. The molecule has 1 fully saturated rings. The standard InChI is InChI=1S/C16H35NSi/c1-6-15(17)14-12-11-13-18(9-4,10-5)16(14,7-2)8-3/h14-15H,6-13,17H2,1-5H3. The Hall–Kier alpha value is 0.177. The summed E-state index contributed by atoms with van der Waals surface area (Å²) in [6, 6.07) is 4.94. The van der Waals surface area contributed by atoms with Crippen LogP contribution in [0.3, 0.4) is 0 Å². The lowest BCUT2D eigenvalue weighted by Crippen LogP contribution is -2.56. The van der Waals surface area contributed by atoms with Gasteiger partial charge in [0.05, 0.1) is 8.07 Å². The Morgan fingerprint density at radius 1 is 1.11 bits per heavy atom. The van der Waals surface area contributed by atoms with Gasteiger partial charge in [-0.05, 0) is 23.8 Å². The second-order valence-corrected chi connectivity index (χ2v) is 11.9. The van der Waals surface area contributed by atoms with Crippen LogP contribution < -0.4 is 5.73 Å². The molecule has 2 atom stereocenters. The summed E-state index contributed by atoms with van der Waals surface area (Å²) < 4.78 is 0. The Bertz CT molecular complexity index is 243. The summed E-state index contributed by atoms with van der Waals surface area (Å²) in [5.41, 5.74) is 6.53. The van der Waals surface area contributed by atoms with Crippen LogP contribution >= 0.6 is 0 Å². The molecule has 1 saturated heterocycles. The van der Waals surface area contributed by atoms with Crippen LogP contribution in [0, 0.1) is 5.92 Å². The molecule has 0 amide bonds. The number of hydrogen-bond acceptors (Lipinski definition) is 1. The third-order valence-corrected chi connectivity index (χ3v) is 13.7. The Balaban J connectivity index is 3.20. The van der Waals surface area contributed by atoms with Crippen molar-refractivity contribution in [3.05, 3.63) is 0 Å². The van der Waals surface area contributed by atoms with Gasteiger partial charge in [-0.1, -0.05) is 72.0 Å². The molecular formula is C16H35NSi. The third kappa shape index (κ3) is 2.31. The van der Waals surface area contributed by atoms with Crippen molar-refractivity contribution in [2.45, 2.75) is 95.9 Å². The smallest absolute Gasteiger partial charge is 0.0595 e. The second-order valence-electron chi connectivity index (χ2n) is 6.42. The van der Waals surface area contributed by atoms with Crippen molar-refractivity contribution in [2.75, 3.05) is 0 Å². The van der Waals surface area contributed by atoms with Crippen molar-refractivity contribution in [3.63, 3.8) is 0 Å². The van der Waals surface area contributed by atoms with Crippen molar-refractivity contribution >= 4 is 8.07 Å². The van der Waals surface area contributed by atoms with E-state index in [9.17, 15) is 0 Å². The minimum Gasteiger partial charge on any atom is -0.327 e. The van der Waals surface area contributed by atoms with Gasteiger partial charge in [-0.15, -0.1) is 0 Å². The van der Waals surface area contributed by atoms with Crippen molar-refractivity contribution in [2.24, 2.45) is 11.7 Å². The summed E-state index contributed by atoms with van der Waals surface area (Å²) in [7, 11) is -1.13. The van der Waals surface area contributed by atoms with Gasteiger partial charge in [-0.3, -0.25) is 0 Å². The lowest BCUT2D eigenvalue weighted by atomic mass is 9.77. The van der Waals surface area contributed by atoms with E-state index in [-0.39, 0.29) is 0 Å². The Labute approximate surface area is 116 Å². The van der Waals surface area contributed by atoms with Crippen LogP contribution in [-0.4, -0.2) is 14.1 Å². The summed E-state index contributed by atoms with van der Waals surface area (Å²) in [5.74, 6) is 0.804. The van der Waals surface area contributed by atoms with Crippen LogP contribution in [0.5, 0.6) is 0 Å². The fourth-order valence-electron chi connectivity index (χ4n) is 5.32. The maximum absolute atomic E-state index is 6.53. The first-order valence-electron chi connectivity index (χ1n) is 8.33. The maximum Gasteiger partial charge on any atom is 0.0595 e. The first-order valence-corrected chi connectivity index (χ1v) is 10.9. The van der Waals surface area contributed by atoms with Crippen LogP contribution in [0.4, 0.5) is 0 Å². The zero-order valence-electron chi connectivity index (χ0n) is 13.4. The van der Waals surface area contributed by atoms with E-state index in [0.717, 1.165) is 12.3 Å². The fraction of sp³-hybridized carbons (Fsp3) is 1.00. The van der Waals surface area contributed by atoms with Gasteiger partial charge in [0.2, 0.25) is 0 Å². The van der Waals surface area contributed by atoms with Crippen LogP contribution in [0.1, 0.15) is 66.7 Å². The molecule has 0 spiro atoms. The predicted octanol–water partition coefficient (Wildman–Crippen LogP) is 5.18. The van der Waals surface area contributed by atoms with E-state index in [0.29, 0.717) is 11.1 Å². The molecular weight excluding hydrogens is 234 g/mol. The highest BCUT2D eigenvalue weighted by atomic mass is 28.3. The monoisotopic (exact) mass is 269 g/mol. The summed E-state index contributed by atoms with van der Waals surface area (Å²) in [6.07, 6.45) is 6.75. The van der Waals surface area contributed by atoms with Gasteiger partial charge in [0.25, 0.3) is 0 Å². The molecule has 0 saturated carbocycles. The van der Waals surface area contributed by atoms with Gasteiger partial charge in [0.15, 0.2) is 0 Å². The summed E-state index contributed by atoms with van der Waals surface area (Å²) >= 11 is 0. The van der Waals surface area contributed by atoms with E-state index in [1.54, 1.807) is 6.04 Å². The van der Waals surface area contributed by atoms with Crippen molar-refractivity contribution < 1.29 is 0 Å². The molecule has 0 aromatic rings. The van der Waals surface area contributed by atoms with E-state index in [2.05, 4.69) is 34.6 Å². The zero-order chi connectivity index (χ0) is 13.8. The highest BCUT2D eigenvalue weighted by Gasteiger charge is 2.55. The topological polar surface area (TPSA) is 26.0 Å². The fourth-order valence-corrected chi connectivity index (χ4v) is 12.0. The van der Waals surface area contributed by atoms with Gasteiger partial charge in [-0.2, -0.15) is 0 Å². The Morgan fingerprint density at radius 2 is 1.67 bits per heavy atom. The van der Waals surface area contributed by atoms with E-state index >= 15 is 0 Å². The van der Waals surface area contributed by atoms with Crippen LogP contribution in [0.15, 0.2) is 0 Å². The molecule has 1 heterocycles. The van der Waals surface area contributed by atoms with Crippen LogP contribution in [0.2, 0.25) is 23.2 Å². The summed E-state index contributed by atoms with van der Waals surface area (Å²) in [6.45, 7) is 12.1. The maximum atomic E-state index is 6.53. The van der Waals surface area contributed by atoms with E-state index in [4.69, 9.17) is 5.73 Å². The molecule has 1 nitrogen and oxygen atoms in total. The lowest BCUT2D eigenvalue weighted by Gasteiger charge is -2.58. The summed E-state index contributed by atoms with van der Waals surface area (Å²) in [4.78, 5) is 0. The van der Waals surface area contributed by atoms with Crippen LogP contribution in [0.25, 0.3) is 0 Å². The predicted molar refractivity (Wildman–Crippen MR) is 85.8 cm³/mol. The van der Waals surface area contributed by atoms with Gasteiger partial charge in [-0.25, -0.2) is 0 Å². The molecule has 1 aliphatic heterocycles. The largest absolute Gasteiger partial charge is 0.327 e. The number of nitrogens with two attached hydrogens (primary N) is 1. The number of rotatable bonds is 6. The molecule has 0 aromatic heterocycles. The quantitative estimate of drug-likeness (QED) is 0.660. The molecule has 1 aliphatic rings. The minimum absolute atomic E-state index is 0.440. The Kier molecular flexibility index (Phi) is 5.92. The average molecular weight is 270 g/mol. The van der Waals surface area contributed by atoms with Crippen LogP contribution in [-0.2, 0) is 0 Å². The first-order chi connectivity index (χ1) is 8.57. The van der Waals surface area contributed by atoms with Gasteiger partial charge < -0.3 is 5.73 Å². The van der Waals surface area contributed by atoms with E-state index < -0.39 is 8.07 Å². The highest BCUT2D eigenvalue weighted by Crippen LogP contribution is 2.61. The summed E-state index contributed by atoms with van der Waals surface area (Å²) in [5, 5.41) is 0.629. The molecule has 18 heavy (non-hydrogen) atoms. The van der Waals surface area contributed by atoms with E-state index in [1.165, 1.54) is 37.8 Å². The molecule has 1 rings (SSSR count). The molecule has 0 aliphatic carbocycles. The zero-order valence-corrected chi connectivity index (χ0v) is 14.4. The molecule has 0 radical (unpaired) electrons. The van der Waals surface area contributed by atoms with Crippen molar-refractivity contribution in [1.29, 1.82) is 0 Å². The molecule has 2 N–H and O–H groups in total. The van der Waals surface area contributed by atoms with Crippen molar-refractivity contribution in [3.8, 4) is 0 Å². The first kappa shape index (κ1) is 16.2. The minimum atomic E-state index is -1.13. The SMILES string of the molecule is CCC(N)C1CCC[Si](CC)(CC)C1(CC)CC. The Morgan fingerprint density at radius 3 is 2.06 bits per heavy atom. The van der Waals surface area contributed by atoms with Gasteiger partial charge in [0.1, 0.15) is 0 Å². The molecule has 2 heteroatoms. The highest BCUT2D eigenvalue weighted by molar-refractivity contribution is 6.82. The normalized spacial score (nSPS) is 28.0. The third-order valence-electron chi connectivity index (χ3n) is 6.54. The lowest BCUT2D eigenvalue weighted by molar-refractivity contribution is 0.230. The molecule has 108 valence electrons. The van der Waals surface area contributed by atoms with Gasteiger partial charge in [0, 0.05) is 6.04 Å². The molecule has 0 bridgehead atoms. The van der Waals surface area contributed by atoms with Crippen molar-refractivity contribution in [1.82, 2.24) is 0 Å². The van der Waals surface area contributed by atoms with E-state index in [1.807, 2.05) is 0 Å². The average Bonchev–Trinajstić information content (AvgIpc) is 2.44. The van der Waals surface area contributed by atoms with Gasteiger partial charge >= 0.3 is 0 Å². The second kappa shape index (κ2) is 6.56. The number of hydrogen-bond donors (Lipinski definition) is 1.